The molecule has 5 rings (SSSR count). The second kappa shape index (κ2) is 11.3. The molecule has 0 atom stereocenters. The Bertz CT molecular complexity index is 1290. The van der Waals surface area contributed by atoms with Crippen LogP contribution in [0.4, 0.5) is 14.6 Å². The smallest absolute Gasteiger partial charge is 0.280 e. The summed E-state index contributed by atoms with van der Waals surface area (Å²) in [5.74, 6) is 1.10. The lowest BCUT2D eigenvalue weighted by atomic mass is 10.0. The fraction of sp³-hybridized carbons (Fsp3) is 0.407. The van der Waals surface area contributed by atoms with Crippen molar-refractivity contribution in [1.82, 2.24) is 30.4 Å². The van der Waals surface area contributed by atoms with Gasteiger partial charge in [-0.05, 0) is 36.6 Å². The predicted octanol–water partition coefficient (Wildman–Crippen LogP) is 2.80. The van der Waals surface area contributed by atoms with E-state index in [1.54, 1.807) is 25.3 Å². The molecule has 0 bridgehead atoms. The Hall–Kier alpha value is -4.22. The number of carbonyl (C=O) groups excluding carboxylic acids is 2. The summed E-state index contributed by atoms with van der Waals surface area (Å²) >= 11 is 0. The maximum Gasteiger partial charge on any atom is 0.280 e. The Morgan fingerprint density at radius 1 is 0.974 bits per heavy atom. The van der Waals surface area contributed by atoms with Crippen LogP contribution in [0.5, 0.6) is 5.88 Å². The molecular formula is C27H29F2N7O3. The number of alkyl halides is 2. The summed E-state index contributed by atoms with van der Waals surface area (Å²) < 4.78 is 30.9. The number of rotatable bonds is 9. The number of anilines is 1. The number of halogens is 2. The molecular weight excluding hydrogens is 508 g/mol. The molecule has 3 aromatic rings. The quantitative estimate of drug-likeness (QED) is 0.444. The summed E-state index contributed by atoms with van der Waals surface area (Å²) in [6.07, 6.45) is 1.84. The molecule has 12 heteroatoms. The van der Waals surface area contributed by atoms with Crippen LogP contribution in [0.25, 0.3) is 0 Å². The first kappa shape index (κ1) is 26.4. The summed E-state index contributed by atoms with van der Waals surface area (Å²) in [6, 6.07) is 10.1. The van der Waals surface area contributed by atoms with Gasteiger partial charge in [0, 0.05) is 63.7 Å². The minimum absolute atomic E-state index is 0.0904. The zero-order valence-electron chi connectivity index (χ0n) is 21.5. The molecule has 204 valence electrons. The van der Waals surface area contributed by atoms with E-state index >= 15 is 0 Å². The minimum Gasteiger partial charge on any atom is -0.472 e. The molecule has 3 aromatic heterocycles. The van der Waals surface area contributed by atoms with Crippen LogP contribution in [-0.2, 0) is 28.2 Å². The number of pyridine rings is 2. The summed E-state index contributed by atoms with van der Waals surface area (Å²) in [6.45, 7) is 4.88. The number of piperazine rings is 1. The van der Waals surface area contributed by atoms with Gasteiger partial charge in [-0.2, -0.15) is 5.10 Å². The molecule has 1 N–H and O–H groups in total. The topological polar surface area (TPSA) is 113 Å². The van der Waals surface area contributed by atoms with Gasteiger partial charge in [0.1, 0.15) is 18.1 Å². The lowest BCUT2D eigenvalue weighted by Crippen LogP contribution is -2.48. The van der Waals surface area contributed by atoms with Crippen LogP contribution in [0.3, 0.4) is 0 Å². The van der Waals surface area contributed by atoms with Crippen molar-refractivity contribution < 1.29 is 23.1 Å². The lowest BCUT2D eigenvalue weighted by molar-refractivity contribution is -0.129. The molecule has 4 heterocycles. The highest BCUT2D eigenvalue weighted by Gasteiger charge is 2.52. The van der Waals surface area contributed by atoms with Gasteiger partial charge in [0.2, 0.25) is 17.7 Å². The maximum absolute atomic E-state index is 13.0. The first-order valence-corrected chi connectivity index (χ1v) is 12.8. The molecule has 2 fully saturated rings. The third kappa shape index (κ3) is 6.10. The van der Waals surface area contributed by atoms with Crippen LogP contribution >= 0.6 is 0 Å². The van der Waals surface area contributed by atoms with E-state index in [4.69, 9.17) is 4.74 Å². The van der Waals surface area contributed by atoms with E-state index in [9.17, 15) is 18.4 Å². The Kier molecular flexibility index (Phi) is 7.62. The highest BCUT2D eigenvalue weighted by Crippen LogP contribution is 2.47. The van der Waals surface area contributed by atoms with E-state index < -0.39 is 11.8 Å². The zero-order chi connectivity index (χ0) is 27.4. The van der Waals surface area contributed by atoms with E-state index in [1.165, 1.54) is 18.3 Å². The van der Waals surface area contributed by atoms with Gasteiger partial charge < -0.3 is 19.9 Å². The number of hydrogen-bond donors (Lipinski definition) is 1. The molecule has 1 saturated carbocycles. The summed E-state index contributed by atoms with van der Waals surface area (Å²) in [7, 11) is 0. The van der Waals surface area contributed by atoms with Crippen molar-refractivity contribution >= 4 is 17.6 Å². The van der Waals surface area contributed by atoms with Crippen LogP contribution in [0.15, 0.2) is 48.8 Å². The van der Waals surface area contributed by atoms with Gasteiger partial charge in [-0.25, -0.2) is 13.8 Å². The average Bonchev–Trinajstić information content (AvgIpc) is 3.78. The number of amides is 2. The standard InChI is InChI=1S/C27H29F2N7O3/c1-18(37)35-10-12-36(13-11-35)23-6-3-19(14-31-23)15-32-26(38)27(8-9-27)22-5-7-24(34-33-22)39-17-20-2-4-21(25(28)29)30-16-20/h2-7,14,16,25H,8-13,15,17H2,1H3,(H,32,38). The van der Waals surface area contributed by atoms with E-state index in [-0.39, 0.29) is 30.0 Å². The molecule has 0 radical (unpaired) electrons. The van der Waals surface area contributed by atoms with Crippen LogP contribution in [0.2, 0.25) is 0 Å². The third-order valence-corrected chi connectivity index (χ3v) is 7.08. The number of aromatic nitrogens is 4. The van der Waals surface area contributed by atoms with Crippen molar-refractivity contribution in [3.63, 3.8) is 0 Å². The van der Waals surface area contributed by atoms with Crippen molar-refractivity contribution in [2.45, 2.75) is 44.8 Å². The van der Waals surface area contributed by atoms with Crippen molar-refractivity contribution in [1.29, 1.82) is 0 Å². The highest BCUT2D eigenvalue weighted by atomic mass is 19.3. The maximum atomic E-state index is 13.0. The van der Waals surface area contributed by atoms with Gasteiger partial charge >= 0.3 is 0 Å². The SMILES string of the molecule is CC(=O)N1CCN(c2ccc(CNC(=O)C3(c4ccc(OCc5ccc(C(F)F)nc5)nn4)CC3)cn2)CC1. The van der Waals surface area contributed by atoms with Gasteiger partial charge in [0.25, 0.3) is 6.43 Å². The predicted molar refractivity (Wildman–Crippen MR) is 137 cm³/mol. The first-order valence-electron chi connectivity index (χ1n) is 12.8. The van der Waals surface area contributed by atoms with Crippen LogP contribution in [0.1, 0.15) is 48.7 Å². The van der Waals surface area contributed by atoms with E-state index in [0.29, 0.717) is 43.7 Å². The molecule has 0 spiro atoms. The van der Waals surface area contributed by atoms with Crippen molar-refractivity contribution in [2.75, 3.05) is 31.1 Å². The van der Waals surface area contributed by atoms with Crippen molar-refractivity contribution in [3.05, 3.63) is 71.3 Å². The lowest BCUT2D eigenvalue weighted by Gasteiger charge is -2.34. The number of nitrogens with one attached hydrogen (secondary N) is 1. The van der Waals surface area contributed by atoms with Gasteiger partial charge in [-0.3, -0.25) is 14.6 Å². The normalized spacial score (nSPS) is 16.2. The Morgan fingerprint density at radius 2 is 1.72 bits per heavy atom. The third-order valence-electron chi connectivity index (χ3n) is 7.08. The average molecular weight is 538 g/mol. The second-order valence-electron chi connectivity index (χ2n) is 9.72. The van der Waals surface area contributed by atoms with Gasteiger partial charge in [-0.1, -0.05) is 12.1 Å². The number of ether oxygens (including phenoxy) is 1. The van der Waals surface area contributed by atoms with Gasteiger partial charge in [-0.15, -0.1) is 5.10 Å². The summed E-state index contributed by atoms with van der Waals surface area (Å²) in [4.78, 5) is 36.8. The summed E-state index contributed by atoms with van der Waals surface area (Å²) in [5.41, 5.74) is 1.10. The Morgan fingerprint density at radius 3 is 2.28 bits per heavy atom. The van der Waals surface area contributed by atoms with E-state index in [0.717, 1.165) is 24.5 Å². The van der Waals surface area contributed by atoms with E-state index in [1.807, 2.05) is 17.0 Å². The Balaban J connectivity index is 1.11. The molecule has 10 nitrogen and oxygen atoms in total. The molecule has 0 aromatic carbocycles. The second-order valence-corrected chi connectivity index (χ2v) is 9.72. The number of carbonyl (C=O) groups is 2. The van der Waals surface area contributed by atoms with Gasteiger partial charge in [0.15, 0.2) is 0 Å². The number of nitrogens with zero attached hydrogens (tertiary/aromatic N) is 6. The molecule has 1 saturated heterocycles. The number of hydrogen-bond acceptors (Lipinski definition) is 8. The van der Waals surface area contributed by atoms with Gasteiger partial charge in [0.05, 0.1) is 11.1 Å². The monoisotopic (exact) mass is 537 g/mol. The van der Waals surface area contributed by atoms with Crippen molar-refractivity contribution in [3.8, 4) is 5.88 Å². The van der Waals surface area contributed by atoms with Crippen LogP contribution < -0.4 is 15.0 Å². The first-order chi connectivity index (χ1) is 18.8. The molecule has 39 heavy (non-hydrogen) atoms. The molecule has 2 aliphatic rings. The molecule has 1 aliphatic carbocycles. The largest absolute Gasteiger partial charge is 0.472 e. The van der Waals surface area contributed by atoms with Crippen molar-refractivity contribution in [2.24, 2.45) is 0 Å². The zero-order valence-corrected chi connectivity index (χ0v) is 21.5. The fourth-order valence-corrected chi connectivity index (χ4v) is 4.49. The van der Waals surface area contributed by atoms with E-state index in [2.05, 4.69) is 30.4 Å². The fourth-order valence-electron chi connectivity index (χ4n) is 4.49. The summed E-state index contributed by atoms with van der Waals surface area (Å²) in [5, 5.41) is 11.3. The molecule has 1 aliphatic heterocycles. The van der Waals surface area contributed by atoms with Crippen LogP contribution in [0, 0.1) is 0 Å². The Labute approximate surface area is 224 Å². The van der Waals surface area contributed by atoms with Crippen LogP contribution in [-0.4, -0.2) is 63.1 Å². The highest BCUT2D eigenvalue weighted by molar-refractivity contribution is 5.90. The molecule has 2 amide bonds. The molecule has 0 unspecified atom stereocenters. The minimum atomic E-state index is -2.62.